The van der Waals surface area contributed by atoms with Gasteiger partial charge in [0.25, 0.3) is 0 Å². The summed E-state index contributed by atoms with van der Waals surface area (Å²) >= 11 is 0. The van der Waals surface area contributed by atoms with E-state index in [-0.39, 0.29) is 23.5 Å². The van der Waals surface area contributed by atoms with Crippen molar-refractivity contribution in [2.45, 2.75) is 45.1 Å². The van der Waals surface area contributed by atoms with Crippen molar-refractivity contribution in [3.8, 4) is 0 Å². The van der Waals surface area contributed by atoms with Crippen LogP contribution < -0.4 is 4.90 Å². The Bertz CT molecular complexity index is 1040. The lowest BCUT2D eigenvalue weighted by Gasteiger charge is -2.36. The molecule has 1 aromatic carbocycles. The number of aryl methyl sites for hydroxylation is 1. The molecule has 7 nitrogen and oxygen atoms in total. The fraction of sp³-hybridized carbons (Fsp3) is 0.500. The molecular weight excluding hydrogens is 409 g/mol. The summed E-state index contributed by atoms with van der Waals surface area (Å²) in [6, 6.07) is 6.21. The lowest BCUT2D eigenvalue weighted by molar-refractivity contribution is -0.136. The van der Waals surface area contributed by atoms with Gasteiger partial charge in [0, 0.05) is 36.8 Å². The molecule has 0 spiro atoms. The lowest BCUT2D eigenvalue weighted by Crippen LogP contribution is -2.48. The van der Waals surface area contributed by atoms with Crippen LogP contribution in [-0.4, -0.2) is 64.3 Å². The maximum absolute atomic E-state index is 13.3. The first-order valence-corrected chi connectivity index (χ1v) is 11.4. The lowest BCUT2D eigenvalue weighted by atomic mass is 9.96. The standard InChI is InChI=1S/C24H28FN5O2/c1-16-20-12-21(31)30(13-17-5-7-19(25)8-6-17)24(20)27-23(26-16)18-4-2-9-28(14-18)15-22(32)29-10-3-11-29/h5-8,18H,2-4,9-15H2,1H3. The van der Waals surface area contributed by atoms with Crippen LogP contribution in [0.25, 0.3) is 0 Å². The van der Waals surface area contributed by atoms with Gasteiger partial charge in [0.15, 0.2) is 0 Å². The Morgan fingerprint density at radius 2 is 1.91 bits per heavy atom. The van der Waals surface area contributed by atoms with E-state index in [2.05, 4.69) is 4.90 Å². The Balaban J connectivity index is 1.35. The Hall–Kier alpha value is -2.87. The van der Waals surface area contributed by atoms with Gasteiger partial charge in [0.1, 0.15) is 17.5 Å². The predicted molar refractivity (Wildman–Crippen MR) is 118 cm³/mol. The minimum atomic E-state index is -0.295. The largest absolute Gasteiger partial charge is 0.341 e. The number of halogens is 1. The first-order valence-electron chi connectivity index (χ1n) is 11.4. The fourth-order valence-corrected chi connectivity index (χ4v) is 4.78. The van der Waals surface area contributed by atoms with Crippen molar-refractivity contribution in [2.24, 2.45) is 0 Å². The van der Waals surface area contributed by atoms with Crippen LogP contribution in [0.2, 0.25) is 0 Å². The second kappa shape index (κ2) is 8.58. The average Bonchev–Trinajstić information content (AvgIpc) is 3.04. The molecule has 5 rings (SSSR count). The van der Waals surface area contributed by atoms with Crippen molar-refractivity contribution in [2.75, 3.05) is 37.6 Å². The number of benzene rings is 1. The van der Waals surface area contributed by atoms with Crippen LogP contribution in [0.15, 0.2) is 24.3 Å². The molecule has 2 amide bonds. The Labute approximate surface area is 187 Å². The predicted octanol–water partition coefficient (Wildman–Crippen LogP) is 2.43. The first-order chi connectivity index (χ1) is 15.5. The maximum atomic E-state index is 13.3. The van der Waals surface area contributed by atoms with E-state index in [0.717, 1.165) is 68.1 Å². The zero-order chi connectivity index (χ0) is 22.2. The van der Waals surface area contributed by atoms with E-state index in [0.29, 0.717) is 25.3 Å². The number of carbonyl (C=O) groups excluding carboxylic acids is 2. The highest BCUT2D eigenvalue weighted by Crippen LogP contribution is 2.33. The van der Waals surface area contributed by atoms with E-state index in [4.69, 9.17) is 9.97 Å². The van der Waals surface area contributed by atoms with Crippen molar-refractivity contribution < 1.29 is 14.0 Å². The number of hydrogen-bond acceptors (Lipinski definition) is 5. The van der Waals surface area contributed by atoms with Crippen molar-refractivity contribution in [1.29, 1.82) is 0 Å². The molecule has 1 aromatic heterocycles. The number of likely N-dealkylation sites (tertiary alicyclic amines) is 2. The minimum Gasteiger partial charge on any atom is -0.341 e. The minimum absolute atomic E-state index is 0.00992. The molecule has 1 unspecified atom stereocenters. The molecule has 0 aliphatic carbocycles. The molecule has 3 aliphatic heterocycles. The smallest absolute Gasteiger partial charge is 0.236 e. The quantitative estimate of drug-likeness (QED) is 0.719. The average molecular weight is 438 g/mol. The molecule has 2 fully saturated rings. The highest BCUT2D eigenvalue weighted by Gasteiger charge is 2.34. The van der Waals surface area contributed by atoms with Crippen LogP contribution in [0.4, 0.5) is 10.2 Å². The van der Waals surface area contributed by atoms with Crippen LogP contribution in [0.1, 0.15) is 47.8 Å². The summed E-state index contributed by atoms with van der Waals surface area (Å²) in [5, 5.41) is 0. The number of fused-ring (bicyclic) bond motifs is 1. The van der Waals surface area contributed by atoms with Crippen molar-refractivity contribution in [3.05, 3.63) is 52.7 Å². The van der Waals surface area contributed by atoms with Crippen molar-refractivity contribution in [1.82, 2.24) is 19.8 Å². The first kappa shape index (κ1) is 21.0. The van der Waals surface area contributed by atoms with E-state index in [1.165, 1.54) is 12.1 Å². The van der Waals surface area contributed by atoms with Gasteiger partial charge in [-0.2, -0.15) is 0 Å². The molecule has 1 atom stereocenters. The molecule has 32 heavy (non-hydrogen) atoms. The van der Waals surface area contributed by atoms with Gasteiger partial charge in [-0.25, -0.2) is 14.4 Å². The summed E-state index contributed by atoms with van der Waals surface area (Å²) in [5.74, 6) is 1.47. The van der Waals surface area contributed by atoms with Crippen LogP contribution in [-0.2, 0) is 22.6 Å². The molecule has 0 bridgehead atoms. The molecule has 168 valence electrons. The van der Waals surface area contributed by atoms with E-state index >= 15 is 0 Å². The molecule has 0 radical (unpaired) electrons. The molecule has 8 heteroatoms. The Morgan fingerprint density at radius 3 is 2.62 bits per heavy atom. The number of amides is 2. The Kier molecular flexibility index (Phi) is 5.63. The van der Waals surface area contributed by atoms with Crippen LogP contribution >= 0.6 is 0 Å². The molecule has 4 heterocycles. The third-order valence-electron chi connectivity index (χ3n) is 6.79. The van der Waals surface area contributed by atoms with E-state index < -0.39 is 0 Å². The summed E-state index contributed by atoms with van der Waals surface area (Å²) in [5.41, 5.74) is 2.58. The van der Waals surface area contributed by atoms with Crippen LogP contribution in [0, 0.1) is 12.7 Å². The Morgan fingerprint density at radius 1 is 1.12 bits per heavy atom. The SMILES string of the molecule is Cc1nc(C2CCCN(CC(=O)N3CCC3)C2)nc2c1CC(=O)N2Cc1ccc(F)cc1. The topological polar surface area (TPSA) is 69.6 Å². The maximum Gasteiger partial charge on any atom is 0.236 e. The van der Waals surface area contributed by atoms with E-state index in [1.807, 2.05) is 11.8 Å². The van der Waals surface area contributed by atoms with Crippen LogP contribution in [0.5, 0.6) is 0 Å². The third-order valence-corrected chi connectivity index (χ3v) is 6.79. The summed E-state index contributed by atoms with van der Waals surface area (Å²) in [6.07, 6.45) is 3.36. The van der Waals surface area contributed by atoms with Gasteiger partial charge < -0.3 is 4.90 Å². The summed E-state index contributed by atoms with van der Waals surface area (Å²) < 4.78 is 13.3. The number of rotatable bonds is 5. The molecule has 2 saturated heterocycles. The second-order valence-corrected chi connectivity index (χ2v) is 9.06. The zero-order valence-corrected chi connectivity index (χ0v) is 18.4. The second-order valence-electron chi connectivity index (χ2n) is 9.06. The number of piperidine rings is 1. The third kappa shape index (κ3) is 4.11. The monoisotopic (exact) mass is 437 g/mol. The normalized spacial score (nSPS) is 20.9. The van der Waals surface area contributed by atoms with E-state index in [9.17, 15) is 14.0 Å². The highest BCUT2D eigenvalue weighted by atomic mass is 19.1. The van der Waals surface area contributed by atoms with Gasteiger partial charge in [-0.3, -0.25) is 19.4 Å². The summed E-state index contributed by atoms with van der Waals surface area (Å²) in [7, 11) is 0. The fourth-order valence-electron chi connectivity index (χ4n) is 4.78. The number of aromatic nitrogens is 2. The van der Waals surface area contributed by atoms with Crippen LogP contribution in [0.3, 0.4) is 0 Å². The van der Waals surface area contributed by atoms with Gasteiger partial charge in [-0.15, -0.1) is 0 Å². The van der Waals surface area contributed by atoms with Gasteiger partial charge in [0.2, 0.25) is 11.8 Å². The van der Waals surface area contributed by atoms with Crippen molar-refractivity contribution in [3.63, 3.8) is 0 Å². The van der Waals surface area contributed by atoms with E-state index in [1.54, 1.807) is 17.0 Å². The van der Waals surface area contributed by atoms with Crippen molar-refractivity contribution >= 4 is 17.6 Å². The molecule has 0 N–H and O–H groups in total. The van der Waals surface area contributed by atoms with Gasteiger partial charge >= 0.3 is 0 Å². The van der Waals surface area contributed by atoms with Gasteiger partial charge in [-0.1, -0.05) is 12.1 Å². The van der Waals surface area contributed by atoms with Gasteiger partial charge in [-0.05, 0) is 50.4 Å². The number of carbonyl (C=O) groups is 2. The summed E-state index contributed by atoms with van der Waals surface area (Å²) in [4.78, 5) is 40.6. The molecule has 3 aliphatic rings. The molecular formula is C24H28FN5O2. The molecule has 0 saturated carbocycles. The number of hydrogen-bond donors (Lipinski definition) is 0. The summed E-state index contributed by atoms with van der Waals surface area (Å²) in [6.45, 7) is 6.17. The number of nitrogens with zero attached hydrogens (tertiary/aromatic N) is 5. The van der Waals surface area contributed by atoms with Gasteiger partial charge in [0.05, 0.1) is 19.5 Å². The zero-order valence-electron chi connectivity index (χ0n) is 18.4. The molecule has 2 aromatic rings. The highest BCUT2D eigenvalue weighted by molar-refractivity contribution is 6.00. The number of anilines is 1.